The average Bonchev–Trinajstić information content (AvgIpc) is 2.04. The quantitative estimate of drug-likeness (QED) is 0.726. The lowest BCUT2D eigenvalue weighted by Gasteiger charge is -2.02. The molecule has 0 saturated heterocycles. The summed E-state index contributed by atoms with van der Waals surface area (Å²) in [6.45, 7) is 1.41. The Balaban J connectivity index is 3.47. The summed E-state index contributed by atoms with van der Waals surface area (Å²) in [5.41, 5.74) is 0.677. The predicted octanol–water partition coefficient (Wildman–Crippen LogP) is 3.18. The molecule has 0 radical (unpaired) electrons. The largest absolute Gasteiger partial charge is 0.294 e. The number of Topliss-reactive ketones (excluding diaryl/α,β-unsaturated/α-hetero) is 1. The highest BCUT2D eigenvalue weighted by molar-refractivity contribution is 9.10. The smallest absolute Gasteiger partial charge is 0.161 e. The van der Waals surface area contributed by atoms with Crippen LogP contribution in [-0.4, -0.2) is 5.78 Å². The van der Waals surface area contributed by atoms with Crippen LogP contribution in [0.5, 0.6) is 0 Å². The molecule has 0 N–H and O–H groups in total. The van der Waals surface area contributed by atoms with Gasteiger partial charge in [0.15, 0.2) is 5.78 Å². The highest BCUT2D eigenvalue weighted by Gasteiger charge is 2.12. The molecule has 0 aliphatic carbocycles. The summed E-state index contributed by atoms with van der Waals surface area (Å²) in [6.07, 6.45) is 0. The van der Waals surface area contributed by atoms with E-state index in [0.29, 0.717) is 15.6 Å². The Hall–Kier alpha value is -0.850. The first kappa shape index (κ1) is 10.2. The molecule has 13 heavy (non-hydrogen) atoms. The number of carbonyl (C=O) groups excluding carboxylic acids is 1. The average molecular weight is 259 g/mol. The summed E-state index contributed by atoms with van der Waals surface area (Å²) < 4.78 is 0.602. The number of rotatable bonds is 1. The van der Waals surface area contributed by atoms with Crippen molar-refractivity contribution in [3.8, 4) is 6.07 Å². The van der Waals surface area contributed by atoms with Gasteiger partial charge in [-0.05, 0) is 35.0 Å². The molecule has 66 valence electrons. The van der Waals surface area contributed by atoms with E-state index in [1.54, 1.807) is 12.1 Å². The van der Waals surface area contributed by atoms with Crippen molar-refractivity contribution in [3.05, 3.63) is 32.8 Å². The second-order valence-corrected chi connectivity index (χ2v) is 3.68. The van der Waals surface area contributed by atoms with Crippen LogP contribution in [0.15, 0.2) is 16.6 Å². The minimum atomic E-state index is -0.144. The monoisotopic (exact) mass is 257 g/mol. The van der Waals surface area contributed by atoms with Crippen LogP contribution in [0.1, 0.15) is 22.8 Å². The van der Waals surface area contributed by atoms with Gasteiger partial charge < -0.3 is 0 Å². The second-order valence-electron chi connectivity index (χ2n) is 2.45. The summed E-state index contributed by atoms with van der Waals surface area (Å²) >= 11 is 9.01. The molecule has 1 aromatic carbocycles. The Kier molecular flexibility index (Phi) is 3.07. The Bertz CT molecular complexity index is 409. The van der Waals surface area contributed by atoms with Gasteiger partial charge in [0.25, 0.3) is 0 Å². The lowest BCUT2D eigenvalue weighted by Crippen LogP contribution is -1.95. The van der Waals surface area contributed by atoms with Gasteiger partial charge in [-0.1, -0.05) is 11.6 Å². The molecule has 0 atom stereocenters. The zero-order valence-corrected chi connectivity index (χ0v) is 9.11. The molecule has 0 fully saturated rings. The van der Waals surface area contributed by atoms with Gasteiger partial charge in [0.05, 0.1) is 10.6 Å². The normalized spacial score (nSPS) is 9.38. The van der Waals surface area contributed by atoms with Crippen LogP contribution in [0.3, 0.4) is 0 Å². The maximum Gasteiger partial charge on any atom is 0.161 e. The van der Waals surface area contributed by atoms with E-state index in [1.807, 2.05) is 6.07 Å². The summed E-state index contributed by atoms with van der Waals surface area (Å²) in [4.78, 5) is 11.0. The third kappa shape index (κ3) is 1.90. The third-order valence-corrected chi connectivity index (χ3v) is 2.64. The Morgan fingerprint density at radius 1 is 1.62 bits per heavy atom. The first-order valence-corrected chi connectivity index (χ1v) is 4.64. The Labute approximate surface area is 89.3 Å². The fourth-order valence-electron chi connectivity index (χ4n) is 0.927. The van der Waals surface area contributed by atoms with Crippen LogP contribution < -0.4 is 0 Å². The van der Waals surface area contributed by atoms with Crippen molar-refractivity contribution in [2.24, 2.45) is 0 Å². The van der Waals surface area contributed by atoms with Crippen LogP contribution in [0, 0.1) is 11.3 Å². The highest BCUT2D eigenvalue weighted by atomic mass is 79.9. The van der Waals surface area contributed by atoms with Crippen molar-refractivity contribution in [1.82, 2.24) is 0 Å². The maximum atomic E-state index is 11.0. The van der Waals surface area contributed by atoms with E-state index < -0.39 is 0 Å². The van der Waals surface area contributed by atoms with Crippen molar-refractivity contribution >= 4 is 33.3 Å². The van der Waals surface area contributed by atoms with Crippen molar-refractivity contribution < 1.29 is 4.79 Å². The van der Waals surface area contributed by atoms with Gasteiger partial charge in [0.2, 0.25) is 0 Å². The first-order valence-electron chi connectivity index (χ1n) is 3.47. The van der Waals surface area contributed by atoms with Crippen LogP contribution in [-0.2, 0) is 0 Å². The summed E-state index contributed by atoms with van der Waals surface area (Å²) in [5.74, 6) is -0.144. The number of carbonyl (C=O) groups is 1. The number of nitrogens with zero attached hydrogens (tertiary/aromatic N) is 1. The van der Waals surface area contributed by atoms with Gasteiger partial charge in [-0.3, -0.25) is 4.79 Å². The number of nitriles is 1. The van der Waals surface area contributed by atoms with E-state index in [1.165, 1.54) is 6.92 Å². The van der Waals surface area contributed by atoms with Crippen LogP contribution in [0.2, 0.25) is 5.02 Å². The topological polar surface area (TPSA) is 40.9 Å². The number of halogens is 2. The summed E-state index contributed by atoms with van der Waals surface area (Å²) in [7, 11) is 0. The lowest BCUT2D eigenvalue weighted by atomic mass is 10.1. The molecule has 0 unspecified atom stereocenters. The van der Waals surface area contributed by atoms with Gasteiger partial charge in [0, 0.05) is 10.0 Å². The molecular formula is C9H5BrClNO. The van der Waals surface area contributed by atoms with Gasteiger partial charge in [0.1, 0.15) is 6.07 Å². The van der Waals surface area contributed by atoms with Crippen molar-refractivity contribution in [3.63, 3.8) is 0 Å². The fraction of sp³-hybridized carbons (Fsp3) is 0.111. The van der Waals surface area contributed by atoms with E-state index in [2.05, 4.69) is 15.9 Å². The van der Waals surface area contributed by atoms with Crippen molar-refractivity contribution in [1.29, 1.82) is 5.26 Å². The standard InChI is InChI=1S/C9H5BrClNO/c1-5(13)6-2-3-8(10)7(4-12)9(6)11/h2-3H,1H3. The Morgan fingerprint density at radius 2 is 2.23 bits per heavy atom. The molecule has 4 heteroatoms. The van der Waals surface area contributed by atoms with Gasteiger partial charge >= 0.3 is 0 Å². The molecule has 0 heterocycles. The number of hydrogen-bond donors (Lipinski definition) is 0. The number of benzene rings is 1. The number of hydrogen-bond acceptors (Lipinski definition) is 2. The molecule has 0 aromatic heterocycles. The summed E-state index contributed by atoms with van der Waals surface area (Å²) in [6, 6.07) is 5.16. The van der Waals surface area contributed by atoms with Gasteiger partial charge in [-0.25, -0.2) is 0 Å². The van der Waals surface area contributed by atoms with Gasteiger partial charge in [-0.15, -0.1) is 0 Å². The molecule has 1 aromatic rings. The summed E-state index contributed by atoms with van der Waals surface area (Å²) in [5, 5.41) is 8.94. The molecule has 2 nitrogen and oxygen atoms in total. The fourth-order valence-corrected chi connectivity index (χ4v) is 1.80. The van der Waals surface area contributed by atoms with Crippen LogP contribution >= 0.6 is 27.5 Å². The van der Waals surface area contributed by atoms with E-state index >= 15 is 0 Å². The highest BCUT2D eigenvalue weighted by Crippen LogP contribution is 2.27. The van der Waals surface area contributed by atoms with Crippen LogP contribution in [0.4, 0.5) is 0 Å². The molecule has 0 amide bonds. The molecule has 0 bridgehead atoms. The van der Waals surface area contributed by atoms with Crippen LogP contribution in [0.25, 0.3) is 0 Å². The van der Waals surface area contributed by atoms with Gasteiger partial charge in [-0.2, -0.15) is 5.26 Å². The van der Waals surface area contributed by atoms with E-state index in [-0.39, 0.29) is 10.8 Å². The van der Waals surface area contributed by atoms with Crippen molar-refractivity contribution in [2.75, 3.05) is 0 Å². The molecule has 0 aliphatic rings. The van der Waals surface area contributed by atoms with E-state index in [9.17, 15) is 4.79 Å². The molecule has 0 spiro atoms. The Morgan fingerprint density at radius 3 is 2.69 bits per heavy atom. The van der Waals surface area contributed by atoms with E-state index in [0.717, 1.165) is 0 Å². The minimum absolute atomic E-state index is 0.144. The minimum Gasteiger partial charge on any atom is -0.294 e. The zero-order chi connectivity index (χ0) is 10.0. The lowest BCUT2D eigenvalue weighted by molar-refractivity contribution is 0.101. The van der Waals surface area contributed by atoms with E-state index in [4.69, 9.17) is 16.9 Å². The number of ketones is 1. The SMILES string of the molecule is CC(=O)c1ccc(Br)c(C#N)c1Cl. The first-order chi connectivity index (χ1) is 6.07. The molecular weight excluding hydrogens is 253 g/mol. The van der Waals surface area contributed by atoms with Crippen molar-refractivity contribution in [2.45, 2.75) is 6.92 Å². The second kappa shape index (κ2) is 3.91. The zero-order valence-electron chi connectivity index (χ0n) is 6.77. The maximum absolute atomic E-state index is 11.0. The molecule has 0 aliphatic heterocycles. The predicted molar refractivity (Wildman–Crippen MR) is 53.9 cm³/mol. The molecule has 0 saturated carbocycles. The third-order valence-electron chi connectivity index (χ3n) is 1.58. The molecule has 1 rings (SSSR count).